The van der Waals surface area contributed by atoms with Crippen LogP contribution in [0.25, 0.3) is 0 Å². The predicted molar refractivity (Wildman–Crippen MR) is 57.5 cm³/mol. The van der Waals surface area contributed by atoms with Gasteiger partial charge >= 0.3 is 0 Å². The van der Waals surface area contributed by atoms with Gasteiger partial charge in [-0.25, -0.2) is 0 Å². The van der Waals surface area contributed by atoms with Gasteiger partial charge in [0.2, 0.25) is 0 Å². The molecule has 0 amide bonds. The Morgan fingerprint density at radius 2 is 1.92 bits per heavy atom. The zero-order chi connectivity index (χ0) is 9.52. The van der Waals surface area contributed by atoms with E-state index in [0.717, 1.165) is 38.5 Å². The van der Waals surface area contributed by atoms with E-state index in [0.29, 0.717) is 0 Å². The van der Waals surface area contributed by atoms with Gasteiger partial charge in [0.25, 0.3) is 0 Å². The summed E-state index contributed by atoms with van der Waals surface area (Å²) in [5.41, 5.74) is 0. The Bertz CT molecular complexity index is 156. The highest BCUT2D eigenvalue weighted by molar-refractivity contribution is 7.84. The van der Waals surface area contributed by atoms with Crippen LogP contribution in [0.3, 0.4) is 0 Å². The Morgan fingerprint density at radius 1 is 1.31 bits per heavy atom. The van der Waals surface area contributed by atoms with Gasteiger partial charge in [-0.05, 0) is 39.0 Å². The zero-order valence-electron chi connectivity index (χ0n) is 8.42. The van der Waals surface area contributed by atoms with Crippen molar-refractivity contribution in [3.05, 3.63) is 0 Å². The Labute approximate surface area is 83.3 Å². The first-order valence-electron chi connectivity index (χ1n) is 5.02. The molecule has 1 atom stereocenters. The summed E-state index contributed by atoms with van der Waals surface area (Å²) in [6.07, 6.45) is 4.22. The van der Waals surface area contributed by atoms with Crippen LogP contribution in [0, 0.1) is 0 Å². The van der Waals surface area contributed by atoms with E-state index in [-0.39, 0.29) is 0 Å². The lowest BCUT2D eigenvalue weighted by molar-refractivity contribution is 0.266. The van der Waals surface area contributed by atoms with Gasteiger partial charge in [-0.15, -0.1) is 0 Å². The van der Waals surface area contributed by atoms with E-state index in [9.17, 15) is 4.21 Å². The topological polar surface area (TPSA) is 32.3 Å². The van der Waals surface area contributed by atoms with Crippen molar-refractivity contribution in [3.63, 3.8) is 0 Å². The van der Waals surface area contributed by atoms with E-state index < -0.39 is 10.8 Å². The molecule has 1 aliphatic heterocycles. The van der Waals surface area contributed by atoms with Crippen LogP contribution in [0.1, 0.15) is 12.8 Å². The van der Waals surface area contributed by atoms with Gasteiger partial charge in [-0.1, -0.05) is 0 Å². The summed E-state index contributed by atoms with van der Waals surface area (Å²) in [6, 6.07) is 0. The fourth-order valence-corrected chi connectivity index (χ4v) is 2.09. The third kappa shape index (κ3) is 5.39. The van der Waals surface area contributed by atoms with Crippen molar-refractivity contribution in [3.8, 4) is 0 Å². The number of hydrogen-bond donors (Lipinski definition) is 1. The average molecular weight is 204 g/mol. The van der Waals surface area contributed by atoms with Gasteiger partial charge in [0.15, 0.2) is 0 Å². The predicted octanol–water partition coefficient (Wildman–Crippen LogP) is 0.0503. The maximum absolute atomic E-state index is 10.9. The van der Waals surface area contributed by atoms with Gasteiger partial charge < -0.3 is 10.2 Å². The summed E-state index contributed by atoms with van der Waals surface area (Å²) in [5, 5.41) is 3.39. The molecular formula is C9H20N2OS. The van der Waals surface area contributed by atoms with Crippen LogP contribution < -0.4 is 5.32 Å². The van der Waals surface area contributed by atoms with Crippen molar-refractivity contribution in [2.24, 2.45) is 0 Å². The number of nitrogens with one attached hydrogen (secondary N) is 1. The van der Waals surface area contributed by atoms with E-state index in [1.54, 1.807) is 6.26 Å². The summed E-state index contributed by atoms with van der Waals surface area (Å²) in [4.78, 5) is 2.43. The Morgan fingerprint density at radius 3 is 2.46 bits per heavy atom. The second-order valence-electron chi connectivity index (χ2n) is 3.58. The van der Waals surface area contributed by atoms with Crippen molar-refractivity contribution in [2.45, 2.75) is 12.8 Å². The lowest BCUT2D eigenvalue weighted by atomic mass is 10.3. The van der Waals surface area contributed by atoms with E-state index in [2.05, 4.69) is 10.2 Å². The van der Waals surface area contributed by atoms with Gasteiger partial charge in [0.05, 0.1) is 0 Å². The molecule has 1 aliphatic rings. The lowest BCUT2D eigenvalue weighted by Crippen LogP contribution is -2.36. The summed E-state index contributed by atoms with van der Waals surface area (Å²) in [5.74, 6) is 0.827. The molecule has 0 aromatic carbocycles. The Hall–Kier alpha value is 0.0700. The van der Waals surface area contributed by atoms with Crippen LogP contribution in [0.5, 0.6) is 0 Å². The minimum atomic E-state index is -0.635. The quantitative estimate of drug-likeness (QED) is 0.705. The van der Waals surface area contributed by atoms with Crippen LogP contribution in [-0.2, 0) is 10.8 Å². The summed E-state index contributed by atoms with van der Waals surface area (Å²) in [7, 11) is -0.635. The van der Waals surface area contributed by atoms with Crippen LogP contribution >= 0.6 is 0 Å². The molecule has 0 radical (unpaired) electrons. The minimum absolute atomic E-state index is 0.635. The first-order valence-corrected chi connectivity index (χ1v) is 6.75. The Kier molecular flexibility index (Phi) is 5.58. The second-order valence-corrected chi connectivity index (χ2v) is 5.13. The molecule has 4 heteroatoms. The highest BCUT2D eigenvalue weighted by Crippen LogP contribution is 1.97. The number of rotatable bonds is 3. The van der Waals surface area contributed by atoms with E-state index in [1.807, 2.05) is 0 Å². The highest BCUT2D eigenvalue weighted by Gasteiger charge is 2.07. The first-order chi connectivity index (χ1) is 6.29. The van der Waals surface area contributed by atoms with Crippen molar-refractivity contribution in [1.82, 2.24) is 10.2 Å². The van der Waals surface area contributed by atoms with Crippen LogP contribution in [0.4, 0.5) is 0 Å². The average Bonchev–Trinajstić information content (AvgIpc) is 2.01. The SMILES string of the molecule is CS(=O)CCN1CCCNCCC1. The Balaban J connectivity index is 2.17. The van der Waals surface area contributed by atoms with Crippen molar-refractivity contribution in [2.75, 3.05) is 44.7 Å². The van der Waals surface area contributed by atoms with Crippen molar-refractivity contribution < 1.29 is 4.21 Å². The van der Waals surface area contributed by atoms with Crippen molar-refractivity contribution in [1.29, 1.82) is 0 Å². The fourth-order valence-electron chi connectivity index (χ4n) is 1.57. The smallest absolute Gasteiger partial charge is 0.0359 e. The molecule has 0 aromatic rings. The lowest BCUT2D eigenvalue weighted by Gasteiger charge is -2.24. The van der Waals surface area contributed by atoms with Gasteiger partial charge in [0.1, 0.15) is 0 Å². The molecule has 3 nitrogen and oxygen atoms in total. The monoisotopic (exact) mass is 204 g/mol. The third-order valence-electron chi connectivity index (χ3n) is 2.35. The highest BCUT2D eigenvalue weighted by atomic mass is 32.2. The largest absolute Gasteiger partial charge is 0.317 e. The van der Waals surface area contributed by atoms with Crippen LogP contribution in [0.15, 0.2) is 0 Å². The normalized spacial score (nSPS) is 23.5. The van der Waals surface area contributed by atoms with Gasteiger partial charge in [0, 0.05) is 29.4 Å². The molecule has 78 valence electrons. The maximum atomic E-state index is 10.9. The van der Waals surface area contributed by atoms with E-state index in [4.69, 9.17) is 0 Å². The minimum Gasteiger partial charge on any atom is -0.317 e. The first kappa shape index (κ1) is 11.1. The van der Waals surface area contributed by atoms with Crippen LogP contribution in [0.2, 0.25) is 0 Å². The molecule has 0 aromatic heterocycles. The fraction of sp³-hybridized carbons (Fsp3) is 1.00. The van der Waals surface area contributed by atoms with Crippen LogP contribution in [-0.4, -0.2) is 53.8 Å². The summed E-state index contributed by atoms with van der Waals surface area (Å²) in [6.45, 7) is 5.58. The summed E-state index contributed by atoms with van der Waals surface area (Å²) < 4.78 is 10.9. The molecule has 1 heterocycles. The molecule has 13 heavy (non-hydrogen) atoms. The van der Waals surface area contributed by atoms with Gasteiger partial charge in [-0.2, -0.15) is 0 Å². The molecule has 0 bridgehead atoms. The molecule has 1 rings (SSSR count). The van der Waals surface area contributed by atoms with E-state index in [1.165, 1.54) is 12.8 Å². The zero-order valence-corrected chi connectivity index (χ0v) is 9.24. The second kappa shape index (κ2) is 6.51. The standard InChI is InChI=1S/C9H20N2OS/c1-13(12)9-8-11-6-2-4-10-5-3-7-11/h10H,2-9H2,1H3. The molecule has 0 spiro atoms. The molecule has 1 unspecified atom stereocenters. The molecule has 1 fully saturated rings. The molecule has 1 N–H and O–H groups in total. The van der Waals surface area contributed by atoms with Gasteiger partial charge in [-0.3, -0.25) is 4.21 Å². The molecule has 0 aliphatic carbocycles. The number of hydrogen-bond acceptors (Lipinski definition) is 3. The number of nitrogens with zero attached hydrogens (tertiary/aromatic N) is 1. The van der Waals surface area contributed by atoms with E-state index >= 15 is 0 Å². The van der Waals surface area contributed by atoms with Crippen molar-refractivity contribution >= 4 is 10.8 Å². The molecule has 1 saturated heterocycles. The third-order valence-corrected chi connectivity index (χ3v) is 3.11. The molecule has 0 saturated carbocycles. The maximum Gasteiger partial charge on any atom is 0.0359 e. The summed E-state index contributed by atoms with van der Waals surface area (Å²) >= 11 is 0. The molecular weight excluding hydrogens is 184 g/mol.